The number of hydrogen-bond donors (Lipinski definition) is 1. The highest BCUT2D eigenvalue weighted by molar-refractivity contribution is 7.89. The Bertz CT molecular complexity index is 971. The lowest BCUT2D eigenvalue weighted by Crippen LogP contribution is -2.49. The van der Waals surface area contributed by atoms with E-state index in [9.17, 15) is 18.0 Å². The van der Waals surface area contributed by atoms with Crippen molar-refractivity contribution in [3.63, 3.8) is 0 Å². The van der Waals surface area contributed by atoms with Crippen LogP contribution in [0, 0.1) is 0 Å². The van der Waals surface area contributed by atoms with Crippen molar-refractivity contribution >= 4 is 27.6 Å². The summed E-state index contributed by atoms with van der Waals surface area (Å²) < 4.78 is 31.0. The van der Waals surface area contributed by atoms with Gasteiger partial charge in [0.05, 0.1) is 10.5 Å². The third-order valence-electron chi connectivity index (χ3n) is 4.73. The summed E-state index contributed by atoms with van der Waals surface area (Å²) in [6.07, 6.45) is 0. The van der Waals surface area contributed by atoms with Gasteiger partial charge in [-0.3, -0.25) is 4.79 Å². The number of para-hydroxylation sites is 1. The molecule has 1 aliphatic rings. The second kappa shape index (κ2) is 9.06. The van der Waals surface area contributed by atoms with Gasteiger partial charge in [0.1, 0.15) is 0 Å². The standard InChI is InChI=1S/C20H23N3O5S/c1-21-29(26,27)18-9-5-6-16(14-18)20(25)28-15-19(24)23-12-10-22(11-13-23)17-7-3-2-4-8-17/h2-9,14,21H,10-13,15H2,1H3. The fourth-order valence-electron chi connectivity index (χ4n) is 3.06. The van der Waals surface area contributed by atoms with E-state index in [0.717, 1.165) is 5.69 Å². The van der Waals surface area contributed by atoms with Crippen molar-refractivity contribution in [2.75, 3.05) is 44.7 Å². The number of anilines is 1. The first kappa shape index (κ1) is 20.8. The van der Waals surface area contributed by atoms with E-state index in [1.165, 1.54) is 31.3 Å². The largest absolute Gasteiger partial charge is 0.452 e. The lowest BCUT2D eigenvalue weighted by Gasteiger charge is -2.36. The van der Waals surface area contributed by atoms with Gasteiger partial charge in [0.15, 0.2) is 6.61 Å². The molecule has 3 rings (SSSR count). The molecule has 0 unspecified atom stereocenters. The minimum absolute atomic E-state index is 0.0437. The zero-order valence-corrected chi connectivity index (χ0v) is 16.9. The molecule has 0 bridgehead atoms. The number of nitrogens with zero attached hydrogens (tertiary/aromatic N) is 2. The van der Waals surface area contributed by atoms with Gasteiger partial charge in [-0.15, -0.1) is 0 Å². The van der Waals surface area contributed by atoms with Crippen LogP contribution in [0.5, 0.6) is 0 Å². The van der Waals surface area contributed by atoms with Crippen molar-refractivity contribution in [3.8, 4) is 0 Å². The van der Waals surface area contributed by atoms with E-state index < -0.39 is 16.0 Å². The number of carbonyl (C=O) groups excluding carboxylic acids is 2. The average Bonchev–Trinajstić information content (AvgIpc) is 2.78. The molecule has 0 atom stereocenters. The van der Waals surface area contributed by atoms with Gasteiger partial charge in [-0.1, -0.05) is 24.3 Å². The van der Waals surface area contributed by atoms with Crippen LogP contribution in [0.4, 0.5) is 5.69 Å². The molecule has 1 heterocycles. The van der Waals surface area contributed by atoms with Gasteiger partial charge in [-0.25, -0.2) is 17.9 Å². The normalized spacial score (nSPS) is 14.5. The SMILES string of the molecule is CNS(=O)(=O)c1cccc(C(=O)OCC(=O)N2CCN(c3ccccc3)CC2)c1. The highest BCUT2D eigenvalue weighted by Gasteiger charge is 2.23. The Hall–Kier alpha value is -2.91. The zero-order valence-electron chi connectivity index (χ0n) is 16.1. The van der Waals surface area contributed by atoms with Crippen LogP contribution >= 0.6 is 0 Å². The molecule has 0 aliphatic carbocycles. The topological polar surface area (TPSA) is 96.0 Å². The summed E-state index contributed by atoms with van der Waals surface area (Å²) >= 11 is 0. The molecule has 9 heteroatoms. The van der Waals surface area contributed by atoms with Gasteiger partial charge in [0.25, 0.3) is 5.91 Å². The highest BCUT2D eigenvalue weighted by Crippen LogP contribution is 2.16. The van der Waals surface area contributed by atoms with Gasteiger partial charge in [0.2, 0.25) is 10.0 Å². The zero-order chi connectivity index (χ0) is 20.9. The summed E-state index contributed by atoms with van der Waals surface area (Å²) in [5.41, 5.74) is 1.19. The van der Waals surface area contributed by atoms with Gasteiger partial charge < -0.3 is 14.5 Å². The van der Waals surface area contributed by atoms with Crippen LogP contribution in [-0.4, -0.2) is 65.0 Å². The smallest absolute Gasteiger partial charge is 0.338 e. The van der Waals surface area contributed by atoms with Crippen LogP contribution in [0.25, 0.3) is 0 Å². The molecule has 1 amide bonds. The molecule has 8 nitrogen and oxygen atoms in total. The molecule has 0 radical (unpaired) electrons. The van der Waals surface area contributed by atoms with E-state index in [2.05, 4.69) is 9.62 Å². The number of rotatable bonds is 6. The van der Waals surface area contributed by atoms with Crippen LogP contribution in [0.15, 0.2) is 59.5 Å². The van der Waals surface area contributed by atoms with Gasteiger partial charge >= 0.3 is 5.97 Å². The minimum atomic E-state index is -3.67. The second-order valence-electron chi connectivity index (χ2n) is 6.51. The van der Waals surface area contributed by atoms with Crippen LogP contribution in [0.3, 0.4) is 0 Å². The van der Waals surface area contributed by atoms with Gasteiger partial charge in [-0.2, -0.15) is 0 Å². The Balaban J connectivity index is 1.52. The van der Waals surface area contributed by atoms with E-state index in [4.69, 9.17) is 4.74 Å². The number of piperazine rings is 1. The first-order valence-electron chi connectivity index (χ1n) is 9.19. The molecule has 1 saturated heterocycles. The lowest BCUT2D eigenvalue weighted by atomic mass is 10.2. The van der Waals surface area contributed by atoms with Crippen molar-refractivity contribution in [3.05, 3.63) is 60.2 Å². The average molecular weight is 417 g/mol. The number of amides is 1. The third kappa shape index (κ3) is 5.12. The predicted molar refractivity (Wildman–Crippen MR) is 108 cm³/mol. The van der Waals surface area contributed by atoms with Crippen LogP contribution < -0.4 is 9.62 Å². The second-order valence-corrected chi connectivity index (χ2v) is 8.40. The fraction of sp³-hybridized carbons (Fsp3) is 0.300. The molecule has 0 aromatic heterocycles. The molecular weight excluding hydrogens is 394 g/mol. The Morgan fingerprint density at radius 2 is 1.69 bits per heavy atom. The molecule has 0 saturated carbocycles. The molecule has 2 aromatic carbocycles. The minimum Gasteiger partial charge on any atom is -0.452 e. The first-order valence-corrected chi connectivity index (χ1v) is 10.7. The summed E-state index contributed by atoms with van der Waals surface area (Å²) in [5.74, 6) is -1.01. The highest BCUT2D eigenvalue weighted by atomic mass is 32.2. The maximum atomic E-state index is 12.4. The molecule has 2 aromatic rings. The van der Waals surface area contributed by atoms with Crippen molar-refractivity contribution < 1.29 is 22.7 Å². The Labute approximate surface area is 170 Å². The Morgan fingerprint density at radius 1 is 1.00 bits per heavy atom. The molecule has 154 valence electrons. The van der Waals surface area contributed by atoms with Crippen LogP contribution in [-0.2, 0) is 19.6 Å². The maximum Gasteiger partial charge on any atom is 0.338 e. The van der Waals surface area contributed by atoms with Gasteiger partial charge in [-0.05, 0) is 37.4 Å². The maximum absolute atomic E-state index is 12.4. The third-order valence-corrected chi connectivity index (χ3v) is 6.14. The number of esters is 1. The summed E-state index contributed by atoms with van der Waals surface area (Å²) in [7, 11) is -2.38. The van der Waals surface area contributed by atoms with Gasteiger partial charge in [0, 0.05) is 31.9 Å². The quantitative estimate of drug-likeness (QED) is 0.707. The number of sulfonamides is 1. The number of nitrogens with one attached hydrogen (secondary N) is 1. The summed E-state index contributed by atoms with van der Waals surface area (Å²) in [6, 6.07) is 15.5. The van der Waals surface area contributed by atoms with E-state index in [0.29, 0.717) is 26.2 Å². The lowest BCUT2D eigenvalue weighted by molar-refractivity contribution is -0.134. The number of carbonyl (C=O) groups is 2. The predicted octanol–water partition coefficient (Wildman–Crippen LogP) is 1.10. The summed E-state index contributed by atoms with van der Waals surface area (Å²) in [5, 5.41) is 0. The molecule has 0 spiro atoms. The van der Waals surface area contributed by atoms with Crippen molar-refractivity contribution in [1.82, 2.24) is 9.62 Å². The Morgan fingerprint density at radius 3 is 2.34 bits per heavy atom. The fourth-order valence-corrected chi connectivity index (χ4v) is 3.84. The van der Waals surface area contributed by atoms with E-state index >= 15 is 0 Å². The molecule has 1 aliphatic heterocycles. The molecule has 1 N–H and O–H groups in total. The molecule has 29 heavy (non-hydrogen) atoms. The molecular formula is C20H23N3O5S. The number of hydrogen-bond acceptors (Lipinski definition) is 6. The number of ether oxygens (including phenoxy) is 1. The first-order chi connectivity index (χ1) is 13.9. The summed E-state index contributed by atoms with van der Waals surface area (Å²) in [4.78, 5) is 28.4. The van der Waals surface area contributed by atoms with E-state index in [-0.39, 0.29) is 23.0 Å². The Kier molecular flexibility index (Phi) is 6.50. The van der Waals surface area contributed by atoms with Crippen molar-refractivity contribution in [2.45, 2.75) is 4.90 Å². The monoisotopic (exact) mass is 417 g/mol. The number of benzene rings is 2. The van der Waals surface area contributed by atoms with Crippen LogP contribution in [0.1, 0.15) is 10.4 Å². The molecule has 1 fully saturated rings. The van der Waals surface area contributed by atoms with Crippen LogP contribution in [0.2, 0.25) is 0 Å². The van der Waals surface area contributed by atoms with Crippen molar-refractivity contribution in [1.29, 1.82) is 0 Å². The van der Waals surface area contributed by atoms with E-state index in [1.54, 1.807) is 4.90 Å². The summed E-state index contributed by atoms with van der Waals surface area (Å²) in [6.45, 7) is 2.11. The van der Waals surface area contributed by atoms with Crippen molar-refractivity contribution in [2.24, 2.45) is 0 Å². The van der Waals surface area contributed by atoms with E-state index in [1.807, 2.05) is 30.3 Å².